The highest BCUT2D eigenvalue weighted by molar-refractivity contribution is 5.93. The van der Waals surface area contributed by atoms with Gasteiger partial charge in [-0.2, -0.15) is 0 Å². The fourth-order valence-electron chi connectivity index (χ4n) is 4.08. The molecule has 9 heteroatoms. The molecule has 1 saturated carbocycles. The van der Waals surface area contributed by atoms with Gasteiger partial charge < -0.3 is 25.8 Å². The van der Waals surface area contributed by atoms with Crippen molar-refractivity contribution in [2.24, 2.45) is 17.8 Å². The Balaban J connectivity index is 1.97. The van der Waals surface area contributed by atoms with Gasteiger partial charge in [-0.1, -0.05) is 50.6 Å². The lowest BCUT2D eigenvalue weighted by Gasteiger charge is -2.36. The third-order valence-electron chi connectivity index (χ3n) is 6.26. The van der Waals surface area contributed by atoms with Gasteiger partial charge in [-0.15, -0.1) is 0 Å². The predicted molar refractivity (Wildman–Crippen MR) is 122 cm³/mol. The van der Waals surface area contributed by atoms with Crippen LogP contribution in [0.1, 0.15) is 52.5 Å². The monoisotopic (exact) mass is 461 g/mol. The average molecular weight is 462 g/mol. The van der Waals surface area contributed by atoms with Crippen LogP contribution in [-0.2, 0) is 25.7 Å². The minimum atomic E-state index is -1.41. The molecule has 0 spiro atoms. The van der Waals surface area contributed by atoms with Crippen molar-refractivity contribution in [3.63, 3.8) is 0 Å². The maximum atomic E-state index is 12.8. The topological polar surface area (TPSA) is 134 Å². The third-order valence-corrected chi connectivity index (χ3v) is 6.26. The summed E-state index contributed by atoms with van der Waals surface area (Å²) in [6.45, 7) is 7.00. The number of carboxylic acids is 1. The number of alkyl carbamates (subject to hydrolysis) is 1. The normalized spacial score (nSPS) is 22.8. The Morgan fingerprint density at radius 1 is 1.00 bits per heavy atom. The SMILES string of the molecule is CC(C(=O)O)[C@H](NC(=O)OCc1ccccc1)C(=O)N[C@H](C)C(=O)N[C@H]1[C@H](C)CCC[C@@H]1C. The van der Waals surface area contributed by atoms with Gasteiger partial charge in [0.25, 0.3) is 0 Å². The van der Waals surface area contributed by atoms with Crippen LogP contribution in [0.4, 0.5) is 4.79 Å². The second-order valence-electron chi connectivity index (χ2n) is 8.96. The number of carbonyl (C=O) groups is 4. The number of hydrogen-bond donors (Lipinski definition) is 4. The predicted octanol–water partition coefficient (Wildman–Crippen LogP) is 2.45. The molecule has 4 N–H and O–H groups in total. The molecule has 0 radical (unpaired) electrons. The minimum absolute atomic E-state index is 0.0189. The van der Waals surface area contributed by atoms with E-state index in [1.54, 1.807) is 24.3 Å². The quantitative estimate of drug-likeness (QED) is 0.446. The summed E-state index contributed by atoms with van der Waals surface area (Å²) in [4.78, 5) is 49.2. The summed E-state index contributed by atoms with van der Waals surface area (Å²) in [6.07, 6.45) is 2.27. The van der Waals surface area contributed by atoms with Gasteiger partial charge in [0.05, 0.1) is 5.92 Å². The van der Waals surface area contributed by atoms with Crippen LogP contribution in [0.2, 0.25) is 0 Å². The van der Waals surface area contributed by atoms with Crippen molar-refractivity contribution in [3.05, 3.63) is 35.9 Å². The second kappa shape index (κ2) is 12.2. The lowest BCUT2D eigenvalue weighted by atomic mass is 9.78. The molecular formula is C24H35N3O6. The van der Waals surface area contributed by atoms with E-state index in [2.05, 4.69) is 29.8 Å². The van der Waals surface area contributed by atoms with E-state index in [1.165, 1.54) is 13.8 Å². The number of ether oxygens (including phenoxy) is 1. The molecule has 1 aliphatic carbocycles. The summed E-state index contributed by atoms with van der Waals surface area (Å²) in [5.74, 6) is -2.94. The smallest absolute Gasteiger partial charge is 0.408 e. The Morgan fingerprint density at radius 2 is 1.61 bits per heavy atom. The standard InChI is InChI=1S/C24H35N3O6/c1-14-9-8-10-15(2)19(14)26-21(28)17(4)25-22(29)20(16(3)23(30)31)27-24(32)33-13-18-11-6-5-7-12-18/h5-7,11-12,14-17,19-20H,8-10,13H2,1-4H3,(H,25,29)(H,26,28)(H,27,32)(H,30,31)/t14-,15+,16?,17-,19+,20+/m1/s1. The first-order valence-electron chi connectivity index (χ1n) is 11.4. The number of nitrogens with one attached hydrogen (secondary N) is 3. The molecule has 0 heterocycles. The highest BCUT2D eigenvalue weighted by Crippen LogP contribution is 2.28. The van der Waals surface area contributed by atoms with Crippen LogP contribution in [0.15, 0.2) is 30.3 Å². The molecule has 6 atom stereocenters. The minimum Gasteiger partial charge on any atom is -0.481 e. The van der Waals surface area contributed by atoms with Gasteiger partial charge in [-0.3, -0.25) is 14.4 Å². The van der Waals surface area contributed by atoms with Crippen molar-refractivity contribution < 1.29 is 29.0 Å². The number of carbonyl (C=O) groups excluding carboxylic acids is 3. The first kappa shape index (κ1) is 26.2. The summed E-state index contributed by atoms with van der Waals surface area (Å²) in [5, 5.41) is 17.3. The lowest BCUT2D eigenvalue weighted by molar-refractivity contribution is -0.145. The van der Waals surface area contributed by atoms with E-state index in [9.17, 15) is 24.3 Å². The van der Waals surface area contributed by atoms with Crippen molar-refractivity contribution in [1.82, 2.24) is 16.0 Å². The average Bonchev–Trinajstić information content (AvgIpc) is 2.78. The molecule has 1 aliphatic rings. The molecule has 1 unspecified atom stereocenters. The first-order valence-corrected chi connectivity index (χ1v) is 11.4. The van der Waals surface area contributed by atoms with Crippen LogP contribution in [0.3, 0.4) is 0 Å². The van der Waals surface area contributed by atoms with Gasteiger partial charge >= 0.3 is 12.1 Å². The third kappa shape index (κ3) is 7.76. The summed E-state index contributed by atoms with van der Waals surface area (Å²) in [5.41, 5.74) is 0.747. The van der Waals surface area contributed by atoms with Gasteiger partial charge in [-0.25, -0.2) is 4.79 Å². The van der Waals surface area contributed by atoms with Crippen molar-refractivity contribution in [2.45, 2.75) is 71.7 Å². The Labute approximate surface area is 194 Å². The molecule has 182 valence electrons. The first-order chi connectivity index (χ1) is 15.6. The molecule has 1 aromatic rings. The van der Waals surface area contributed by atoms with Gasteiger partial charge in [0.1, 0.15) is 18.7 Å². The molecular weight excluding hydrogens is 426 g/mol. The Bertz CT molecular complexity index is 821. The van der Waals surface area contributed by atoms with Crippen molar-refractivity contribution in [1.29, 1.82) is 0 Å². The summed E-state index contributed by atoms with van der Waals surface area (Å²) in [6, 6.07) is 6.66. The van der Waals surface area contributed by atoms with Crippen LogP contribution >= 0.6 is 0 Å². The van der Waals surface area contributed by atoms with E-state index in [4.69, 9.17) is 4.74 Å². The lowest BCUT2D eigenvalue weighted by Crippen LogP contribution is -2.57. The Kier molecular flexibility index (Phi) is 9.69. The van der Waals surface area contributed by atoms with Crippen LogP contribution < -0.4 is 16.0 Å². The van der Waals surface area contributed by atoms with Crippen LogP contribution in [-0.4, -0.2) is 47.1 Å². The summed E-state index contributed by atoms with van der Waals surface area (Å²) < 4.78 is 5.11. The number of hydrogen-bond acceptors (Lipinski definition) is 5. The maximum Gasteiger partial charge on any atom is 0.408 e. The zero-order valence-electron chi connectivity index (χ0n) is 19.7. The largest absolute Gasteiger partial charge is 0.481 e. The van der Waals surface area contributed by atoms with Gasteiger partial charge in [-0.05, 0) is 44.1 Å². The molecule has 9 nitrogen and oxygen atoms in total. The summed E-state index contributed by atoms with van der Waals surface area (Å²) >= 11 is 0. The number of amides is 3. The molecule has 0 aliphatic heterocycles. The number of aliphatic carboxylic acids is 1. The van der Waals surface area contributed by atoms with Gasteiger partial charge in [0.15, 0.2) is 0 Å². The maximum absolute atomic E-state index is 12.8. The van der Waals surface area contributed by atoms with Crippen molar-refractivity contribution in [3.8, 4) is 0 Å². The molecule has 33 heavy (non-hydrogen) atoms. The zero-order valence-corrected chi connectivity index (χ0v) is 19.7. The molecule has 0 aromatic heterocycles. The van der Waals surface area contributed by atoms with Gasteiger partial charge in [0.2, 0.25) is 11.8 Å². The Hall–Kier alpha value is -3.10. The van der Waals surface area contributed by atoms with E-state index in [-0.39, 0.29) is 18.6 Å². The van der Waals surface area contributed by atoms with Crippen LogP contribution in [0.5, 0.6) is 0 Å². The van der Waals surface area contributed by atoms with E-state index in [1.807, 2.05) is 6.07 Å². The second-order valence-corrected chi connectivity index (χ2v) is 8.96. The summed E-state index contributed by atoms with van der Waals surface area (Å²) in [7, 11) is 0. The molecule has 0 bridgehead atoms. The zero-order chi connectivity index (χ0) is 24.5. The molecule has 0 saturated heterocycles. The molecule has 3 amide bonds. The molecule has 1 fully saturated rings. The fraction of sp³-hybridized carbons (Fsp3) is 0.583. The molecule has 2 rings (SSSR count). The van der Waals surface area contributed by atoms with Gasteiger partial charge in [0, 0.05) is 6.04 Å². The van der Waals surface area contributed by atoms with E-state index < -0.39 is 36.0 Å². The van der Waals surface area contributed by atoms with Crippen LogP contribution in [0.25, 0.3) is 0 Å². The number of rotatable bonds is 9. The van der Waals surface area contributed by atoms with Crippen LogP contribution in [0, 0.1) is 17.8 Å². The van der Waals surface area contributed by atoms with E-state index in [0.29, 0.717) is 11.8 Å². The van der Waals surface area contributed by atoms with E-state index in [0.717, 1.165) is 24.8 Å². The highest BCUT2D eigenvalue weighted by Gasteiger charge is 2.35. The highest BCUT2D eigenvalue weighted by atomic mass is 16.5. The Morgan fingerprint density at radius 3 is 2.18 bits per heavy atom. The van der Waals surface area contributed by atoms with Crippen molar-refractivity contribution in [2.75, 3.05) is 0 Å². The van der Waals surface area contributed by atoms with E-state index >= 15 is 0 Å². The fourth-order valence-corrected chi connectivity index (χ4v) is 4.08. The van der Waals surface area contributed by atoms with Crippen molar-refractivity contribution >= 4 is 23.9 Å². The number of carboxylic acid groups (broad SMARTS) is 1. The molecule has 1 aromatic carbocycles. The number of benzene rings is 1.